The van der Waals surface area contributed by atoms with Crippen molar-refractivity contribution < 1.29 is 19.1 Å². The van der Waals surface area contributed by atoms with Crippen molar-refractivity contribution in [1.82, 2.24) is 0 Å². The van der Waals surface area contributed by atoms with Crippen LogP contribution in [0.4, 0.5) is 0 Å². The number of rotatable bonds is 7. The molecule has 37 heavy (non-hydrogen) atoms. The largest absolute Gasteiger partial charge is 0.427 e. The van der Waals surface area contributed by atoms with Crippen molar-refractivity contribution in [2.45, 2.75) is 24.0 Å². The van der Waals surface area contributed by atoms with Gasteiger partial charge in [-0.2, -0.15) is 0 Å². The molecule has 4 aromatic rings. The second-order valence-corrected chi connectivity index (χ2v) is 10.3. The lowest BCUT2D eigenvalue weighted by molar-refractivity contribution is -0.132. The first kappa shape index (κ1) is 24.7. The first-order valence-electron chi connectivity index (χ1n) is 12.2. The molecular formula is C32H26O4S. The van der Waals surface area contributed by atoms with Gasteiger partial charge in [0.25, 0.3) is 0 Å². The molecule has 0 saturated carbocycles. The molecule has 0 N–H and O–H groups in total. The third-order valence-corrected chi connectivity index (χ3v) is 7.97. The highest BCUT2D eigenvalue weighted by Gasteiger charge is 2.56. The second kappa shape index (κ2) is 10.6. The van der Waals surface area contributed by atoms with Gasteiger partial charge in [0, 0.05) is 6.92 Å². The van der Waals surface area contributed by atoms with Crippen LogP contribution in [0, 0.1) is 5.92 Å². The average molecular weight is 507 g/mol. The summed E-state index contributed by atoms with van der Waals surface area (Å²) in [5.41, 5.74) is 2.67. The van der Waals surface area contributed by atoms with E-state index in [9.17, 15) is 14.4 Å². The first-order chi connectivity index (χ1) is 18.0. The Balaban J connectivity index is 1.59. The summed E-state index contributed by atoms with van der Waals surface area (Å²) in [5.74, 6) is -0.890. The van der Waals surface area contributed by atoms with Crippen LogP contribution >= 0.6 is 11.8 Å². The molecule has 184 valence electrons. The smallest absolute Gasteiger partial charge is 0.308 e. The van der Waals surface area contributed by atoms with Gasteiger partial charge in [-0.15, -0.1) is 0 Å². The molecule has 0 radical (unpaired) electrons. The summed E-state index contributed by atoms with van der Waals surface area (Å²) in [4.78, 5) is 39.2. The van der Waals surface area contributed by atoms with Crippen LogP contribution in [0.25, 0.3) is 0 Å². The summed E-state index contributed by atoms with van der Waals surface area (Å²) in [5, 5.41) is -0.629. The number of carbonyl (C=O) groups is 3. The first-order valence-corrected chi connectivity index (χ1v) is 13.1. The van der Waals surface area contributed by atoms with Gasteiger partial charge < -0.3 is 4.74 Å². The Morgan fingerprint density at radius 1 is 0.730 bits per heavy atom. The minimum atomic E-state index is -0.959. The highest BCUT2D eigenvalue weighted by atomic mass is 32.2. The molecule has 0 spiro atoms. The normalized spacial score (nSPS) is 17.5. The molecule has 1 heterocycles. The molecule has 5 heteroatoms. The van der Waals surface area contributed by atoms with Crippen LogP contribution in [0.3, 0.4) is 0 Å². The standard InChI is InChI=1S/C32H26O4S/c1-22(33)36-27-19-17-23(18-20-27)21-28-30(34)29(31(35)37-28)32(24-11-5-2-6-12-24,25-13-7-3-8-14-25)26-15-9-4-10-16-26/h2-20,28-29H,21H2,1H3. The summed E-state index contributed by atoms with van der Waals surface area (Å²) >= 11 is 1.13. The van der Waals surface area contributed by atoms with E-state index in [2.05, 4.69) is 0 Å². The van der Waals surface area contributed by atoms with Crippen LogP contribution in [0.2, 0.25) is 0 Å². The second-order valence-electron chi connectivity index (χ2n) is 9.11. The predicted octanol–water partition coefficient (Wildman–Crippen LogP) is 6.02. The molecule has 1 fully saturated rings. The van der Waals surface area contributed by atoms with Gasteiger partial charge in [-0.3, -0.25) is 14.4 Å². The third-order valence-electron chi connectivity index (χ3n) is 6.82. The zero-order valence-electron chi connectivity index (χ0n) is 20.4. The monoisotopic (exact) mass is 506 g/mol. The zero-order chi connectivity index (χ0) is 25.8. The van der Waals surface area contributed by atoms with Crippen molar-refractivity contribution in [3.05, 3.63) is 138 Å². The molecule has 0 bridgehead atoms. The summed E-state index contributed by atoms with van der Waals surface area (Å²) in [6.45, 7) is 1.35. The van der Waals surface area contributed by atoms with Crippen molar-refractivity contribution in [3.63, 3.8) is 0 Å². The molecule has 0 aliphatic carbocycles. The molecule has 1 saturated heterocycles. The Labute approximate surface area is 220 Å². The van der Waals surface area contributed by atoms with Crippen molar-refractivity contribution >= 4 is 28.6 Å². The lowest BCUT2D eigenvalue weighted by Crippen LogP contribution is -2.44. The van der Waals surface area contributed by atoms with E-state index < -0.39 is 16.6 Å². The van der Waals surface area contributed by atoms with Gasteiger partial charge in [-0.05, 0) is 40.8 Å². The Hall–Kier alpha value is -3.96. The van der Waals surface area contributed by atoms with E-state index in [1.165, 1.54) is 6.92 Å². The molecule has 0 aromatic heterocycles. The molecule has 1 aliphatic rings. The predicted molar refractivity (Wildman–Crippen MR) is 146 cm³/mol. The fraction of sp³-hybridized carbons (Fsp3) is 0.156. The number of hydrogen-bond acceptors (Lipinski definition) is 5. The lowest BCUT2D eigenvalue weighted by atomic mass is 9.60. The topological polar surface area (TPSA) is 60.4 Å². The molecule has 2 unspecified atom stereocenters. The van der Waals surface area contributed by atoms with Crippen LogP contribution in [-0.4, -0.2) is 22.1 Å². The molecular weight excluding hydrogens is 480 g/mol. The Morgan fingerprint density at radius 2 is 1.19 bits per heavy atom. The van der Waals surface area contributed by atoms with Crippen molar-refractivity contribution in [1.29, 1.82) is 0 Å². The molecule has 5 rings (SSSR count). The molecule has 4 nitrogen and oxygen atoms in total. The number of ether oxygens (including phenoxy) is 1. The number of carbonyl (C=O) groups excluding carboxylic acids is 3. The quantitative estimate of drug-likeness (QED) is 0.133. The molecule has 2 atom stereocenters. The lowest BCUT2D eigenvalue weighted by Gasteiger charge is -2.39. The minimum absolute atomic E-state index is 0.0735. The van der Waals surface area contributed by atoms with Gasteiger partial charge in [-0.1, -0.05) is 115 Å². The van der Waals surface area contributed by atoms with E-state index in [1.807, 2.05) is 103 Å². The maximum Gasteiger partial charge on any atom is 0.308 e. The van der Waals surface area contributed by atoms with Gasteiger partial charge in [0.2, 0.25) is 5.12 Å². The van der Waals surface area contributed by atoms with Gasteiger partial charge in [0.1, 0.15) is 11.7 Å². The molecule has 0 amide bonds. The molecule has 4 aromatic carbocycles. The Bertz CT molecular complexity index is 1300. The average Bonchev–Trinajstić information content (AvgIpc) is 3.20. The fourth-order valence-corrected chi connectivity index (χ4v) is 6.52. The van der Waals surface area contributed by atoms with Crippen LogP contribution < -0.4 is 4.74 Å². The van der Waals surface area contributed by atoms with Crippen molar-refractivity contribution in [2.24, 2.45) is 5.92 Å². The molecule has 1 aliphatic heterocycles. The SMILES string of the molecule is CC(=O)Oc1ccc(CC2SC(=O)C(C(c3ccccc3)(c3ccccc3)c3ccccc3)C2=O)cc1. The number of esters is 1. The van der Waals surface area contributed by atoms with Crippen LogP contribution in [0.15, 0.2) is 115 Å². The van der Waals surface area contributed by atoms with E-state index in [-0.39, 0.29) is 16.9 Å². The Morgan fingerprint density at radius 3 is 1.62 bits per heavy atom. The maximum atomic E-state index is 14.2. The van der Waals surface area contributed by atoms with E-state index in [0.717, 1.165) is 34.0 Å². The summed E-state index contributed by atoms with van der Waals surface area (Å²) in [6.07, 6.45) is 0.417. The highest BCUT2D eigenvalue weighted by Crippen LogP contribution is 2.51. The number of hydrogen-bond donors (Lipinski definition) is 0. The van der Waals surface area contributed by atoms with E-state index in [1.54, 1.807) is 12.1 Å². The van der Waals surface area contributed by atoms with Gasteiger partial charge in [0.15, 0.2) is 5.78 Å². The van der Waals surface area contributed by atoms with Crippen LogP contribution in [0.5, 0.6) is 5.75 Å². The minimum Gasteiger partial charge on any atom is -0.427 e. The van der Waals surface area contributed by atoms with Gasteiger partial charge >= 0.3 is 5.97 Å². The number of thioether (sulfide) groups is 1. The van der Waals surface area contributed by atoms with Gasteiger partial charge in [-0.25, -0.2) is 0 Å². The van der Waals surface area contributed by atoms with Crippen molar-refractivity contribution in [2.75, 3.05) is 0 Å². The van der Waals surface area contributed by atoms with E-state index in [0.29, 0.717) is 12.2 Å². The number of benzene rings is 4. The summed E-state index contributed by atoms with van der Waals surface area (Å²) < 4.78 is 5.12. The Kier molecular flexibility index (Phi) is 7.06. The van der Waals surface area contributed by atoms with Crippen LogP contribution in [-0.2, 0) is 26.2 Å². The maximum absolute atomic E-state index is 14.2. The van der Waals surface area contributed by atoms with Crippen molar-refractivity contribution in [3.8, 4) is 5.75 Å². The van der Waals surface area contributed by atoms with Crippen LogP contribution in [0.1, 0.15) is 29.2 Å². The third kappa shape index (κ3) is 4.75. The summed E-state index contributed by atoms with van der Waals surface area (Å²) in [7, 11) is 0. The highest BCUT2D eigenvalue weighted by molar-refractivity contribution is 8.15. The van der Waals surface area contributed by atoms with E-state index in [4.69, 9.17) is 4.74 Å². The fourth-order valence-electron chi connectivity index (χ4n) is 5.28. The van der Waals surface area contributed by atoms with E-state index >= 15 is 0 Å². The van der Waals surface area contributed by atoms with Gasteiger partial charge in [0.05, 0.1) is 10.7 Å². The number of Topliss-reactive ketones (excluding diaryl/α,β-unsaturated/α-hetero) is 1. The summed E-state index contributed by atoms with van der Waals surface area (Å²) in [6, 6.07) is 36.7. The number of ketones is 1. The zero-order valence-corrected chi connectivity index (χ0v) is 21.2.